The van der Waals surface area contributed by atoms with E-state index >= 15 is 0 Å². The van der Waals surface area contributed by atoms with Crippen molar-refractivity contribution in [3.63, 3.8) is 0 Å². The van der Waals surface area contributed by atoms with Crippen molar-refractivity contribution in [2.75, 3.05) is 13.2 Å². The zero-order chi connectivity index (χ0) is 57.8. The highest BCUT2D eigenvalue weighted by Gasteiger charge is 2.19. The third-order valence-corrected chi connectivity index (χ3v) is 15.4. The quantitative estimate of drug-likeness (QED) is 0.0261. The molecule has 0 aromatic heterocycles. The summed E-state index contributed by atoms with van der Waals surface area (Å²) in [4.78, 5) is 38.4. The Morgan fingerprint density at radius 3 is 0.762 bits per heavy atom. The number of esters is 3. The van der Waals surface area contributed by atoms with Gasteiger partial charge in [-0.1, -0.05) is 325 Å². The molecule has 80 heavy (non-hydrogen) atoms. The molecule has 0 aliphatic heterocycles. The summed E-state index contributed by atoms with van der Waals surface area (Å²) < 4.78 is 17.0. The monoisotopic (exact) mass is 1120 g/mol. The first-order valence-electron chi connectivity index (χ1n) is 34.9. The average molecular weight is 1120 g/mol. The molecule has 1 unspecified atom stereocenters. The zero-order valence-electron chi connectivity index (χ0n) is 53.3. The Morgan fingerprint density at radius 2 is 0.487 bits per heavy atom. The van der Waals surface area contributed by atoms with Gasteiger partial charge in [0.05, 0.1) is 0 Å². The molecule has 0 aliphatic rings. The van der Waals surface area contributed by atoms with Gasteiger partial charge in [-0.05, 0) is 89.9 Å². The van der Waals surface area contributed by atoms with Gasteiger partial charge in [0.25, 0.3) is 0 Å². The van der Waals surface area contributed by atoms with E-state index in [0.717, 1.165) is 103 Å². The molecule has 0 heterocycles. The molecule has 6 nitrogen and oxygen atoms in total. The van der Waals surface area contributed by atoms with Crippen LogP contribution in [0.3, 0.4) is 0 Å². The van der Waals surface area contributed by atoms with Gasteiger partial charge in [-0.15, -0.1) is 0 Å². The van der Waals surface area contributed by atoms with E-state index in [1.807, 2.05) is 0 Å². The number of carbonyl (C=O) groups is 3. The fourth-order valence-electron chi connectivity index (χ4n) is 10.2. The minimum atomic E-state index is -0.787. The predicted molar refractivity (Wildman–Crippen MR) is 348 cm³/mol. The summed E-state index contributed by atoms with van der Waals surface area (Å²) in [7, 11) is 0. The summed E-state index contributed by atoms with van der Waals surface area (Å²) >= 11 is 0. The lowest BCUT2D eigenvalue weighted by atomic mass is 10.0. The van der Waals surface area contributed by atoms with Crippen LogP contribution in [0, 0.1) is 0 Å². The lowest BCUT2D eigenvalue weighted by Crippen LogP contribution is -2.30. The lowest BCUT2D eigenvalue weighted by molar-refractivity contribution is -0.167. The number of ether oxygens (including phenoxy) is 3. The maximum absolute atomic E-state index is 12.9. The molecule has 0 N–H and O–H groups in total. The molecule has 0 rings (SSSR count). The Morgan fingerprint density at radius 1 is 0.263 bits per heavy atom. The lowest BCUT2D eigenvalue weighted by Gasteiger charge is -2.18. The predicted octanol–water partition coefficient (Wildman–Crippen LogP) is 24.1. The molecule has 6 heteroatoms. The average Bonchev–Trinajstić information content (AvgIpc) is 3.46. The Kier molecular flexibility index (Phi) is 65.7. The first-order chi connectivity index (χ1) is 39.5. The molecule has 1 atom stereocenters. The maximum atomic E-state index is 12.9. The van der Waals surface area contributed by atoms with Gasteiger partial charge in [0.15, 0.2) is 6.10 Å². The smallest absolute Gasteiger partial charge is 0.306 e. The Hall–Kier alpha value is -3.15. The molecule has 0 bridgehead atoms. The summed E-state index contributed by atoms with van der Waals surface area (Å²) in [5, 5.41) is 0. The topological polar surface area (TPSA) is 78.9 Å². The van der Waals surface area contributed by atoms with Crippen molar-refractivity contribution in [1.29, 1.82) is 0 Å². The highest BCUT2D eigenvalue weighted by atomic mass is 16.6. The fraction of sp³-hybridized carbons (Fsp3) is 0.797. The van der Waals surface area contributed by atoms with Gasteiger partial charge in [-0.25, -0.2) is 0 Å². The number of allylic oxidation sites excluding steroid dienone is 12. The highest BCUT2D eigenvalue weighted by molar-refractivity contribution is 5.71. The van der Waals surface area contributed by atoms with Crippen molar-refractivity contribution >= 4 is 17.9 Å². The van der Waals surface area contributed by atoms with Crippen LogP contribution in [0.2, 0.25) is 0 Å². The van der Waals surface area contributed by atoms with Crippen LogP contribution in [0.15, 0.2) is 72.9 Å². The maximum Gasteiger partial charge on any atom is 0.306 e. The summed E-state index contributed by atoms with van der Waals surface area (Å²) in [5.41, 5.74) is 0. The van der Waals surface area contributed by atoms with E-state index in [-0.39, 0.29) is 31.1 Å². The second-order valence-electron chi connectivity index (χ2n) is 23.4. The van der Waals surface area contributed by atoms with E-state index in [9.17, 15) is 14.4 Å². The van der Waals surface area contributed by atoms with Gasteiger partial charge >= 0.3 is 17.9 Å². The summed E-state index contributed by atoms with van der Waals surface area (Å²) in [5.74, 6) is -0.883. The molecule has 0 fully saturated rings. The van der Waals surface area contributed by atoms with E-state index in [2.05, 4.69) is 93.7 Å². The standard InChI is InChI=1S/C74H132O6/c1-4-7-10-13-16-19-22-25-28-31-32-33-34-35-36-37-38-39-40-41-42-44-46-49-52-55-58-61-64-67-73(76)79-70-71(69-78-72(75)66-63-60-57-54-51-48-45-30-27-24-21-18-15-12-9-6-3)80-74(77)68-65-62-59-56-53-50-47-43-29-26-23-20-17-14-11-8-5-2/h8,11,17,20,22,25-26,29,31-32,47,50,71H,4-7,9-10,12-16,18-19,21,23-24,27-28,30,33-46,48-49,51-70H2,1-3H3/b11-8-,20-17-,25-22-,29-26-,32-31-,50-47-. The van der Waals surface area contributed by atoms with Crippen LogP contribution in [0.1, 0.15) is 361 Å². The molecule has 0 aliphatic carbocycles. The van der Waals surface area contributed by atoms with E-state index < -0.39 is 6.10 Å². The molecule has 0 amide bonds. The third kappa shape index (κ3) is 65.7. The minimum Gasteiger partial charge on any atom is -0.462 e. The van der Waals surface area contributed by atoms with Crippen molar-refractivity contribution in [2.45, 2.75) is 367 Å². The summed E-state index contributed by atoms with van der Waals surface area (Å²) in [6.45, 7) is 6.55. The van der Waals surface area contributed by atoms with Crippen molar-refractivity contribution < 1.29 is 28.6 Å². The SMILES string of the molecule is CC/C=C\C/C=C\C/C=C\C/C=C\CCCCCCC(=O)OC(COC(=O)CCCCCCCCCCCCCCCCCC)COC(=O)CCCCCCCCCCCCCCCCCCC/C=C\C/C=C\CCCCCCC. The normalized spacial score (nSPS) is 12.5. The van der Waals surface area contributed by atoms with E-state index in [1.165, 1.54) is 218 Å². The zero-order valence-corrected chi connectivity index (χ0v) is 53.3. The fourth-order valence-corrected chi connectivity index (χ4v) is 10.2. The molecular weight excluding hydrogens is 985 g/mol. The second kappa shape index (κ2) is 68.3. The van der Waals surface area contributed by atoms with Crippen LogP contribution >= 0.6 is 0 Å². The number of hydrogen-bond donors (Lipinski definition) is 0. The van der Waals surface area contributed by atoms with E-state index in [4.69, 9.17) is 14.2 Å². The van der Waals surface area contributed by atoms with Gasteiger partial charge in [0, 0.05) is 19.3 Å². The number of unbranched alkanes of at least 4 members (excludes halogenated alkanes) is 41. The number of carbonyl (C=O) groups excluding carboxylic acids is 3. The van der Waals surface area contributed by atoms with Crippen LogP contribution in [-0.4, -0.2) is 37.2 Å². The Labute approximate surface area is 497 Å². The van der Waals surface area contributed by atoms with Crippen LogP contribution in [0.5, 0.6) is 0 Å². The largest absolute Gasteiger partial charge is 0.462 e. The summed E-state index contributed by atoms with van der Waals surface area (Å²) in [6.07, 6.45) is 89.3. The first kappa shape index (κ1) is 76.9. The molecule has 0 aromatic carbocycles. The molecule has 0 radical (unpaired) electrons. The summed E-state index contributed by atoms with van der Waals surface area (Å²) in [6, 6.07) is 0. The Balaban J connectivity index is 4.26. The molecule has 0 saturated carbocycles. The highest BCUT2D eigenvalue weighted by Crippen LogP contribution is 2.18. The van der Waals surface area contributed by atoms with E-state index in [1.54, 1.807) is 0 Å². The van der Waals surface area contributed by atoms with Gasteiger partial charge in [0.2, 0.25) is 0 Å². The molecular formula is C74H132O6. The van der Waals surface area contributed by atoms with Crippen molar-refractivity contribution in [3.05, 3.63) is 72.9 Å². The van der Waals surface area contributed by atoms with Gasteiger partial charge in [-0.2, -0.15) is 0 Å². The van der Waals surface area contributed by atoms with Crippen molar-refractivity contribution in [3.8, 4) is 0 Å². The minimum absolute atomic E-state index is 0.0810. The Bertz CT molecular complexity index is 1470. The van der Waals surface area contributed by atoms with Crippen LogP contribution in [0.4, 0.5) is 0 Å². The molecule has 0 aromatic rings. The van der Waals surface area contributed by atoms with Crippen LogP contribution in [0.25, 0.3) is 0 Å². The number of hydrogen-bond acceptors (Lipinski definition) is 6. The van der Waals surface area contributed by atoms with Gasteiger partial charge < -0.3 is 14.2 Å². The van der Waals surface area contributed by atoms with Crippen molar-refractivity contribution in [2.24, 2.45) is 0 Å². The first-order valence-corrected chi connectivity index (χ1v) is 34.9. The van der Waals surface area contributed by atoms with E-state index in [0.29, 0.717) is 19.3 Å². The second-order valence-corrected chi connectivity index (χ2v) is 23.4. The van der Waals surface area contributed by atoms with Gasteiger partial charge in [0.1, 0.15) is 13.2 Å². The number of rotatable bonds is 64. The van der Waals surface area contributed by atoms with Gasteiger partial charge in [-0.3, -0.25) is 14.4 Å². The third-order valence-electron chi connectivity index (χ3n) is 15.4. The molecule has 0 spiro atoms. The van der Waals surface area contributed by atoms with Crippen LogP contribution < -0.4 is 0 Å². The molecule has 464 valence electrons. The molecule has 0 saturated heterocycles. The van der Waals surface area contributed by atoms with Crippen molar-refractivity contribution in [1.82, 2.24) is 0 Å². The van der Waals surface area contributed by atoms with Crippen LogP contribution in [-0.2, 0) is 28.6 Å².